The molecule has 1 heterocycles. The van der Waals surface area contributed by atoms with Gasteiger partial charge in [-0.1, -0.05) is 35.3 Å². The predicted molar refractivity (Wildman–Crippen MR) is 90.6 cm³/mol. The Hall–Kier alpha value is -2.44. The standard InChI is InChI=1S/C17H11Cl2FN2O3/c18-10-4-1-3-9-13(10)17(25)22(16(9)24)8-7-21-15(23)14-11(19)5-2-6-12(14)20/h1-6H,7-8H2,(H,21,23). The van der Waals surface area contributed by atoms with Gasteiger partial charge in [-0.2, -0.15) is 0 Å². The first kappa shape index (κ1) is 17.4. The van der Waals surface area contributed by atoms with Crippen molar-refractivity contribution >= 4 is 40.9 Å². The average molecular weight is 381 g/mol. The Morgan fingerprint density at radius 1 is 1.04 bits per heavy atom. The first-order valence-corrected chi connectivity index (χ1v) is 8.04. The fourth-order valence-electron chi connectivity index (χ4n) is 2.58. The molecule has 2 aromatic carbocycles. The molecule has 0 spiro atoms. The Balaban J connectivity index is 1.68. The number of hydrogen-bond acceptors (Lipinski definition) is 3. The van der Waals surface area contributed by atoms with E-state index in [0.717, 1.165) is 11.0 Å². The van der Waals surface area contributed by atoms with Crippen molar-refractivity contribution in [2.24, 2.45) is 0 Å². The second kappa shape index (κ2) is 6.82. The molecule has 0 radical (unpaired) electrons. The lowest BCUT2D eigenvalue weighted by molar-refractivity contribution is 0.0649. The van der Waals surface area contributed by atoms with E-state index in [1.165, 1.54) is 24.3 Å². The van der Waals surface area contributed by atoms with Crippen LogP contribution in [-0.2, 0) is 0 Å². The first-order chi connectivity index (χ1) is 11.9. The van der Waals surface area contributed by atoms with Crippen LogP contribution >= 0.6 is 23.2 Å². The van der Waals surface area contributed by atoms with Crippen LogP contribution in [0.25, 0.3) is 0 Å². The number of amides is 3. The van der Waals surface area contributed by atoms with Crippen LogP contribution in [0.1, 0.15) is 31.1 Å². The Morgan fingerprint density at radius 3 is 2.40 bits per heavy atom. The van der Waals surface area contributed by atoms with E-state index in [0.29, 0.717) is 0 Å². The number of fused-ring (bicyclic) bond motifs is 1. The molecule has 3 amide bonds. The Bertz CT molecular complexity index is 881. The average Bonchev–Trinajstić information content (AvgIpc) is 2.80. The zero-order chi connectivity index (χ0) is 18.1. The fourth-order valence-corrected chi connectivity index (χ4v) is 3.08. The van der Waals surface area contributed by atoms with Crippen molar-refractivity contribution in [2.75, 3.05) is 13.1 Å². The van der Waals surface area contributed by atoms with Crippen LogP contribution in [0, 0.1) is 5.82 Å². The molecule has 5 nitrogen and oxygen atoms in total. The topological polar surface area (TPSA) is 66.5 Å². The van der Waals surface area contributed by atoms with E-state index in [9.17, 15) is 18.8 Å². The summed E-state index contributed by atoms with van der Waals surface area (Å²) in [5.41, 5.74) is 0.0909. The maximum Gasteiger partial charge on any atom is 0.263 e. The van der Waals surface area contributed by atoms with Crippen LogP contribution in [0.3, 0.4) is 0 Å². The maximum atomic E-state index is 13.7. The molecule has 1 aliphatic heterocycles. The minimum atomic E-state index is -0.752. The molecule has 8 heteroatoms. The van der Waals surface area contributed by atoms with Crippen molar-refractivity contribution in [3.05, 3.63) is 69.0 Å². The van der Waals surface area contributed by atoms with Gasteiger partial charge >= 0.3 is 0 Å². The lowest BCUT2D eigenvalue weighted by Gasteiger charge is -2.14. The van der Waals surface area contributed by atoms with E-state index >= 15 is 0 Å². The maximum absolute atomic E-state index is 13.7. The van der Waals surface area contributed by atoms with Gasteiger partial charge in [-0.15, -0.1) is 0 Å². The van der Waals surface area contributed by atoms with E-state index in [1.54, 1.807) is 6.07 Å². The summed E-state index contributed by atoms with van der Waals surface area (Å²) < 4.78 is 13.7. The Morgan fingerprint density at radius 2 is 1.72 bits per heavy atom. The highest BCUT2D eigenvalue weighted by atomic mass is 35.5. The molecule has 128 valence electrons. The SMILES string of the molecule is O=C(NCCN1C(=O)c2cccc(Cl)c2C1=O)c1c(F)cccc1Cl. The zero-order valence-electron chi connectivity index (χ0n) is 12.7. The molecule has 0 aromatic heterocycles. The van der Waals surface area contributed by atoms with Crippen LogP contribution < -0.4 is 5.32 Å². The second-order valence-corrected chi connectivity index (χ2v) is 6.09. The number of carbonyl (C=O) groups excluding carboxylic acids is 3. The van der Waals surface area contributed by atoms with Gasteiger partial charge in [0.15, 0.2) is 0 Å². The van der Waals surface area contributed by atoms with E-state index in [1.807, 2.05) is 0 Å². The normalized spacial score (nSPS) is 13.2. The number of halogens is 3. The number of hydrogen-bond donors (Lipinski definition) is 1. The quantitative estimate of drug-likeness (QED) is 0.828. The summed E-state index contributed by atoms with van der Waals surface area (Å²) in [5, 5.41) is 2.62. The van der Waals surface area contributed by atoms with Crippen molar-refractivity contribution in [3.63, 3.8) is 0 Å². The van der Waals surface area contributed by atoms with Gasteiger partial charge in [0, 0.05) is 13.1 Å². The molecule has 0 bridgehead atoms. The third kappa shape index (κ3) is 3.10. The molecule has 1 aliphatic rings. The van der Waals surface area contributed by atoms with Crippen LogP contribution in [0.15, 0.2) is 36.4 Å². The number of carbonyl (C=O) groups is 3. The van der Waals surface area contributed by atoms with Crippen molar-refractivity contribution in [1.82, 2.24) is 10.2 Å². The van der Waals surface area contributed by atoms with E-state index in [2.05, 4.69) is 5.32 Å². The molecular weight excluding hydrogens is 370 g/mol. The highest BCUT2D eigenvalue weighted by Gasteiger charge is 2.36. The van der Waals surface area contributed by atoms with Gasteiger partial charge in [-0.3, -0.25) is 19.3 Å². The summed E-state index contributed by atoms with van der Waals surface area (Å²) in [6.45, 7) is -0.118. The molecule has 0 atom stereocenters. The predicted octanol–water partition coefficient (Wildman–Crippen LogP) is 3.16. The van der Waals surface area contributed by atoms with Crippen molar-refractivity contribution in [3.8, 4) is 0 Å². The van der Waals surface area contributed by atoms with Gasteiger partial charge in [0.25, 0.3) is 17.7 Å². The third-order valence-electron chi connectivity index (χ3n) is 3.76. The molecule has 0 unspecified atom stereocenters. The Labute approximate surface area is 152 Å². The fraction of sp³-hybridized carbons (Fsp3) is 0.118. The van der Waals surface area contributed by atoms with Gasteiger partial charge in [-0.05, 0) is 24.3 Å². The van der Waals surface area contributed by atoms with Gasteiger partial charge in [-0.25, -0.2) is 4.39 Å². The number of nitrogens with one attached hydrogen (secondary N) is 1. The molecular formula is C17H11Cl2FN2O3. The summed E-state index contributed by atoms with van der Waals surface area (Å²) in [7, 11) is 0. The third-order valence-corrected chi connectivity index (χ3v) is 4.39. The summed E-state index contributed by atoms with van der Waals surface area (Å²) in [5.74, 6) is -2.49. The van der Waals surface area contributed by atoms with Crippen LogP contribution in [0.2, 0.25) is 10.0 Å². The number of imide groups is 1. The molecule has 25 heavy (non-hydrogen) atoms. The molecule has 0 saturated heterocycles. The highest BCUT2D eigenvalue weighted by Crippen LogP contribution is 2.28. The lowest BCUT2D eigenvalue weighted by atomic mass is 10.1. The summed E-state index contributed by atoms with van der Waals surface area (Å²) >= 11 is 11.8. The van der Waals surface area contributed by atoms with Crippen molar-refractivity contribution in [2.45, 2.75) is 0 Å². The van der Waals surface area contributed by atoms with Gasteiger partial charge in [0.2, 0.25) is 0 Å². The summed E-state index contributed by atoms with van der Waals surface area (Å²) in [6.07, 6.45) is 0. The van der Waals surface area contributed by atoms with E-state index < -0.39 is 23.5 Å². The minimum Gasteiger partial charge on any atom is -0.350 e. The highest BCUT2D eigenvalue weighted by molar-refractivity contribution is 6.37. The molecule has 0 saturated carbocycles. The molecule has 0 aliphatic carbocycles. The first-order valence-electron chi connectivity index (χ1n) is 7.28. The van der Waals surface area contributed by atoms with Crippen molar-refractivity contribution < 1.29 is 18.8 Å². The number of nitrogens with zero attached hydrogens (tertiary/aromatic N) is 1. The summed E-state index contributed by atoms with van der Waals surface area (Å²) in [6, 6.07) is 8.52. The largest absolute Gasteiger partial charge is 0.350 e. The number of benzene rings is 2. The number of rotatable bonds is 4. The monoisotopic (exact) mass is 380 g/mol. The molecule has 1 N–H and O–H groups in total. The minimum absolute atomic E-state index is 0.0231. The lowest BCUT2D eigenvalue weighted by Crippen LogP contribution is -2.38. The van der Waals surface area contributed by atoms with Crippen LogP contribution in [0.4, 0.5) is 4.39 Å². The molecule has 2 aromatic rings. The van der Waals surface area contributed by atoms with Crippen molar-refractivity contribution in [1.29, 1.82) is 0 Å². The van der Waals surface area contributed by atoms with Gasteiger partial charge in [0.05, 0.1) is 26.7 Å². The van der Waals surface area contributed by atoms with E-state index in [4.69, 9.17) is 23.2 Å². The smallest absolute Gasteiger partial charge is 0.263 e. The Kier molecular flexibility index (Phi) is 4.74. The van der Waals surface area contributed by atoms with E-state index in [-0.39, 0.29) is 39.8 Å². The van der Waals surface area contributed by atoms with Crippen LogP contribution in [0.5, 0.6) is 0 Å². The van der Waals surface area contributed by atoms with Gasteiger partial charge in [0.1, 0.15) is 5.82 Å². The van der Waals surface area contributed by atoms with Crippen LogP contribution in [-0.4, -0.2) is 35.7 Å². The second-order valence-electron chi connectivity index (χ2n) is 5.28. The molecule has 3 rings (SSSR count). The molecule has 0 fully saturated rings. The summed E-state index contributed by atoms with van der Waals surface area (Å²) in [4.78, 5) is 37.6. The van der Waals surface area contributed by atoms with Gasteiger partial charge < -0.3 is 5.32 Å². The zero-order valence-corrected chi connectivity index (χ0v) is 14.2.